The van der Waals surface area contributed by atoms with Gasteiger partial charge in [-0.3, -0.25) is 9.69 Å². The molecule has 5 heteroatoms. The van der Waals surface area contributed by atoms with Crippen molar-refractivity contribution in [1.29, 1.82) is 0 Å². The average molecular weight is 289 g/mol. The van der Waals surface area contributed by atoms with Crippen LogP contribution in [0.15, 0.2) is 42.5 Å². The zero-order valence-electron chi connectivity index (χ0n) is 11.6. The highest BCUT2D eigenvalue weighted by Crippen LogP contribution is 2.23. The lowest BCUT2D eigenvalue weighted by molar-refractivity contribution is 0.0940. The Kier molecular flexibility index (Phi) is 4.55. The summed E-state index contributed by atoms with van der Waals surface area (Å²) in [5, 5.41) is 18.9. The molecule has 2 N–H and O–H groups in total. The highest BCUT2D eigenvalue weighted by atomic mass is 19.1. The molecule has 0 aliphatic heterocycles. The van der Waals surface area contributed by atoms with Gasteiger partial charge in [0.05, 0.1) is 12.1 Å². The van der Waals surface area contributed by atoms with Gasteiger partial charge in [0.25, 0.3) is 0 Å². The van der Waals surface area contributed by atoms with Crippen LogP contribution < -0.4 is 0 Å². The Labute approximate surface area is 122 Å². The van der Waals surface area contributed by atoms with Gasteiger partial charge in [-0.2, -0.15) is 0 Å². The Morgan fingerprint density at radius 2 is 1.81 bits per heavy atom. The van der Waals surface area contributed by atoms with Crippen LogP contribution >= 0.6 is 0 Å². The summed E-state index contributed by atoms with van der Waals surface area (Å²) in [6.45, 7) is 0.598. The first-order valence-electron chi connectivity index (χ1n) is 6.44. The summed E-state index contributed by atoms with van der Waals surface area (Å²) in [6, 6.07) is 9.94. The Bertz CT molecular complexity index is 640. The van der Waals surface area contributed by atoms with Gasteiger partial charge in [0.15, 0.2) is 5.78 Å². The fourth-order valence-corrected chi connectivity index (χ4v) is 2.04. The number of nitrogens with zero attached hydrogens (tertiary/aromatic N) is 1. The molecule has 0 bridgehead atoms. The Balaban J connectivity index is 2.00. The molecule has 0 saturated heterocycles. The molecule has 2 rings (SSSR count). The predicted molar refractivity (Wildman–Crippen MR) is 76.8 cm³/mol. The Morgan fingerprint density at radius 1 is 1.14 bits per heavy atom. The molecule has 0 unspecified atom stereocenters. The molecule has 0 aromatic heterocycles. The number of Topliss-reactive ketones (excluding diaryl/α,β-unsaturated/α-hetero) is 1. The van der Waals surface area contributed by atoms with Crippen molar-refractivity contribution in [1.82, 2.24) is 4.90 Å². The molecule has 2 aromatic rings. The van der Waals surface area contributed by atoms with E-state index in [2.05, 4.69) is 0 Å². The Hall–Kier alpha value is -2.40. The van der Waals surface area contributed by atoms with Crippen LogP contribution in [0, 0.1) is 5.82 Å². The maximum Gasteiger partial charge on any atom is 0.180 e. The van der Waals surface area contributed by atoms with Crippen molar-refractivity contribution in [3.8, 4) is 11.5 Å². The first-order chi connectivity index (χ1) is 9.95. The average Bonchev–Trinajstić information content (AvgIpc) is 2.41. The van der Waals surface area contributed by atoms with Crippen LogP contribution in [0.4, 0.5) is 4.39 Å². The van der Waals surface area contributed by atoms with E-state index in [1.807, 2.05) is 0 Å². The smallest absolute Gasteiger partial charge is 0.180 e. The second kappa shape index (κ2) is 6.37. The molecule has 0 radical (unpaired) electrons. The highest BCUT2D eigenvalue weighted by Gasteiger charge is 2.14. The summed E-state index contributed by atoms with van der Waals surface area (Å²) in [5.74, 6) is -0.887. The SMILES string of the molecule is CN(CC(=O)c1ccc(O)cc1O)Cc1ccc(F)cc1. The summed E-state index contributed by atoms with van der Waals surface area (Å²) in [7, 11) is 1.76. The summed E-state index contributed by atoms with van der Waals surface area (Å²) in [5.41, 5.74) is 1.06. The molecule has 110 valence electrons. The van der Waals surface area contributed by atoms with Crippen molar-refractivity contribution in [2.24, 2.45) is 0 Å². The number of likely N-dealkylation sites (N-methyl/N-ethyl adjacent to an activating group) is 1. The fraction of sp³-hybridized carbons (Fsp3) is 0.188. The van der Waals surface area contributed by atoms with E-state index in [9.17, 15) is 19.4 Å². The van der Waals surface area contributed by atoms with Gasteiger partial charge in [0.2, 0.25) is 0 Å². The number of halogens is 1. The summed E-state index contributed by atoms with van der Waals surface area (Å²) in [6.07, 6.45) is 0. The van der Waals surface area contributed by atoms with Gasteiger partial charge in [0.1, 0.15) is 17.3 Å². The number of benzene rings is 2. The summed E-state index contributed by atoms with van der Waals surface area (Å²) in [4.78, 5) is 13.9. The van der Waals surface area contributed by atoms with E-state index in [4.69, 9.17) is 0 Å². The number of hydrogen-bond acceptors (Lipinski definition) is 4. The third-order valence-corrected chi connectivity index (χ3v) is 3.06. The molecule has 0 aliphatic rings. The van der Waals surface area contributed by atoms with E-state index in [1.165, 1.54) is 24.3 Å². The van der Waals surface area contributed by atoms with E-state index < -0.39 is 0 Å². The quantitative estimate of drug-likeness (QED) is 0.830. The number of ketones is 1. The number of carbonyl (C=O) groups excluding carboxylic acids is 1. The van der Waals surface area contributed by atoms with Gasteiger partial charge in [-0.05, 0) is 36.9 Å². The van der Waals surface area contributed by atoms with E-state index in [-0.39, 0.29) is 35.2 Å². The normalized spacial score (nSPS) is 10.8. The van der Waals surface area contributed by atoms with Crippen molar-refractivity contribution in [3.63, 3.8) is 0 Å². The van der Waals surface area contributed by atoms with Crippen LogP contribution in [0.2, 0.25) is 0 Å². The van der Waals surface area contributed by atoms with Crippen molar-refractivity contribution in [3.05, 3.63) is 59.4 Å². The third kappa shape index (κ3) is 4.03. The van der Waals surface area contributed by atoms with Crippen LogP contribution in [0.1, 0.15) is 15.9 Å². The molecule has 0 fully saturated rings. The van der Waals surface area contributed by atoms with E-state index in [1.54, 1.807) is 24.1 Å². The number of hydrogen-bond donors (Lipinski definition) is 2. The molecule has 0 heterocycles. The van der Waals surface area contributed by atoms with E-state index in [0.717, 1.165) is 11.6 Å². The van der Waals surface area contributed by atoms with Gasteiger partial charge in [-0.15, -0.1) is 0 Å². The molecule has 0 atom stereocenters. The summed E-state index contributed by atoms with van der Waals surface area (Å²) < 4.78 is 12.8. The van der Waals surface area contributed by atoms with Crippen molar-refractivity contribution in [2.75, 3.05) is 13.6 Å². The fourth-order valence-electron chi connectivity index (χ4n) is 2.04. The largest absolute Gasteiger partial charge is 0.508 e. The number of aromatic hydroxyl groups is 2. The molecular weight excluding hydrogens is 273 g/mol. The number of phenols is 2. The minimum absolute atomic E-state index is 0.0938. The number of rotatable bonds is 5. The van der Waals surface area contributed by atoms with Crippen LogP contribution in [-0.4, -0.2) is 34.5 Å². The molecule has 0 amide bonds. The van der Waals surface area contributed by atoms with Crippen molar-refractivity contribution < 1.29 is 19.4 Å². The van der Waals surface area contributed by atoms with E-state index in [0.29, 0.717) is 6.54 Å². The van der Waals surface area contributed by atoms with Gasteiger partial charge >= 0.3 is 0 Å². The second-order valence-electron chi connectivity index (χ2n) is 4.92. The number of phenolic OH excluding ortho intramolecular Hbond substituents is 2. The van der Waals surface area contributed by atoms with Crippen LogP contribution in [0.5, 0.6) is 11.5 Å². The van der Waals surface area contributed by atoms with Crippen LogP contribution in [0.3, 0.4) is 0 Å². The van der Waals surface area contributed by atoms with Gasteiger partial charge in [-0.1, -0.05) is 12.1 Å². The van der Waals surface area contributed by atoms with E-state index >= 15 is 0 Å². The third-order valence-electron chi connectivity index (χ3n) is 3.06. The lowest BCUT2D eigenvalue weighted by Gasteiger charge is -2.16. The lowest BCUT2D eigenvalue weighted by atomic mass is 10.1. The zero-order valence-corrected chi connectivity index (χ0v) is 11.6. The topological polar surface area (TPSA) is 60.8 Å². The molecule has 0 aliphatic carbocycles. The minimum Gasteiger partial charge on any atom is -0.508 e. The lowest BCUT2D eigenvalue weighted by Crippen LogP contribution is -2.25. The molecule has 0 saturated carbocycles. The molecule has 4 nitrogen and oxygen atoms in total. The predicted octanol–water partition coefficient (Wildman–Crippen LogP) is 2.55. The first kappa shape index (κ1) is 15.0. The van der Waals surface area contributed by atoms with Crippen molar-refractivity contribution >= 4 is 5.78 Å². The Morgan fingerprint density at radius 3 is 2.43 bits per heavy atom. The molecule has 21 heavy (non-hydrogen) atoms. The highest BCUT2D eigenvalue weighted by molar-refractivity contribution is 6.00. The number of carbonyl (C=O) groups is 1. The monoisotopic (exact) mass is 289 g/mol. The molecular formula is C16H16FNO3. The second-order valence-corrected chi connectivity index (χ2v) is 4.92. The van der Waals surface area contributed by atoms with Gasteiger partial charge < -0.3 is 10.2 Å². The summed E-state index contributed by atoms with van der Waals surface area (Å²) >= 11 is 0. The molecule has 0 spiro atoms. The molecule has 2 aromatic carbocycles. The minimum atomic E-state index is -0.300. The first-order valence-corrected chi connectivity index (χ1v) is 6.44. The van der Waals surface area contributed by atoms with Crippen LogP contribution in [0.25, 0.3) is 0 Å². The zero-order chi connectivity index (χ0) is 15.4. The standard InChI is InChI=1S/C16H16FNO3/c1-18(9-11-2-4-12(17)5-3-11)10-16(21)14-7-6-13(19)8-15(14)20/h2-8,19-20H,9-10H2,1H3. The van der Waals surface area contributed by atoms with Crippen molar-refractivity contribution in [2.45, 2.75) is 6.54 Å². The maximum absolute atomic E-state index is 12.8. The van der Waals surface area contributed by atoms with Crippen LogP contribution in [-0.2, 0) is 6.54 Å². The van der Waals surface area contributed by atoms with Gasteiger partial charge in [-0.25, -0.2) is 4.39 Å². The van der Waals surface area contributed by atoms with Gasteiger partial charge in [0, 0.05) is 12.6 Å². The maximum atomic E-state index is 12.8.